The first-order valence-corrected chi connectivity index (χ1v) is 6.11. The van der Waals surface area contributed by atoms with Gasteiger partial charge in [-0.05, 0) is 37.3 Å². The van der Waals surface area contributed by atoms with Crippen molar-refractivity contribution in [1.82, 2.24) is 4.90 Å². The zero-order valence-corrected chi connectivity index (χ0v) is 10.4. The third-order valence-corrected chi connectivity index (χ3v) is 3.17. The van der Waals surface area contributed by atoms with Gasteiger partial charge in [-0.3, -0.25) is 4.79 Å². The molecule has 0 unspecified atom stereocenters. The normalized spacial score (nSPS) is 14.1. The fraction of sp³-hybridized carbons (Fsp3) is 0.400. The molecule has 1 fully saturated rings. The van der Waals surface area contributed by atoms with Crippen LogP contribution in [0.3, 0.4) is 0 Å². The minimum atomic E-state index is -0.444. The molecule has 0 N–H and O–H groups in total. The summed E-state index contributed by atoms with van der Waals surface area (Å²) in [5, 5.41) is 0. The summed E-state index contributed by atoms with van der Waals surface area (Å²) in [6.07, 6.45) is 7.53. The molecule has 1 aliphatic carbocycles. The molecule has 18 heavy (non-hydrogen) atoms. The number of carbonyl (C=O) groups is 1. The third kappa shape index (κ3) is 2.70. The van der Waals surface area contributed by atoms with E-state index in [1.807, 2.05) is 0 Å². The van der Waals surface area contributed by atoms with E-state index < -0.39 is 5.82 Å². The van der Waals surface area contributed by atoms with E-state index in [4.69, 9.17) is 6.42 Å². The summed E-state index contributed by atoms with van der Waals surface area (Å²) in [6, 6.07) is 4.86. The molecule has 3 heteroatoms. The highest BCUT2D eigenvalue weighted by Crippen LogP contribution is 2.30. The Morgan fingerprint density at radius 3 is 2.89 bits per heavy atom. The molecule has 0 bridgehead atoms. The van der Waals surface area contributed by atoms with Gasteiger partial charge >= 0.3 is 0 Å². The monoisotopic (exact) mass is 245 g/mol. The minimum absolute atomic E-state index is 0.117. The molecule has 1 aromatic carbocycles. The maximum Gasteiger partial charge on any atom is 0.257 e. The van der Waals surface area contributed by atoms with Crippen LogP contribution in [-0.2, 0) is 0 Å². The molecular weight excluding hydrogens is 229 g/mol. The average Bonchev–Trinajstić information content (AvgIpc) is 3.15. The molecule has 2 rings (SSSR count). The number of hydrogen-bond acceptors (Lipinski definition) is 1. The lowest BCUT2D eigenvalue weighted by atomic mass is 10.1. The Kier molecular flexibility index (Phi) is 3.66. The predicted octanol–water partition coefficient (Wildman–Crippen LogP) is 2.62. The highest BCUT2D eigenvalue weighted by atomic mass is 19.1. The smallest absolute Gasteiger partial charge is 0.257 e. The summed E-state index contributed by atoms with van der Waals surface area (Å²) in [5.41, 5.74) is 0.596. The number of amides is 1. The molecule has 1 amide bonds. The Labute approximate surface area is 107 Å². The highest BCUT2D eigenvalue weighted by Gasteiger charge is 2.28. The van der Waals surface area contributed by atoms with Crippen LogP contribution in [0.5, 0.6) is 0 Å². The molecule has 0 aromatic heterocycles. The Balaban J connectivity index is 2.21. The number of benzene rings is 1. The number of terminal acetylenes is 1. The summed E-state index contributed by atoms with van der Waals surface area (Å²) in [7, 11) is 0. The van der Waals surface area contributed by atoms with Crippen LogP contribution in [0.2, 0.25) is 0 Å². The van der Waals surface area contributed by atoms with Gasteiger partial charge in [0.1, 0.15) is 5.82 Å². The molecule has 0 radical (unpaired) electrons. The average molecular weight is 245 g/mol. The van der Waals surface area contributed by atoms with E-state index in [2.05, 4.69) is 5.92 Å². The first kappa shape index (κ1) is 12.6. The number of carbonyl (C=O) groups excluding carboxylic acids is 1. The van der Waals surface area contributed by atoms with Crippen LogP contribution in [-0.4, -0.2) is 23.9 Å². The fourth-order valence-corrected chi connectivity index (χ4v) is 1.92. The summed E-state index contributed by atoms with van der Waals surface area (Å²) in [5.74, 6) is 2.26. The summed E-state index contributed by atoms with van der Waals surface area (Å²) in [6.45, 7) is 2.53. The van der Waals surface area contributed by atoms with Gasteiger partial charge in [-0.1, -0.05) is 18.1 Å². The van der Waals surface area contributed by atoms with Crippen molar-refractivity contribution in [3.63, 3.8) is 0 Å². The van der Waals surface area contributed by atoms with Crippen molar-refractivity contribution in [2.45, 2.75) is 19.8 Å². The quantitative estimate of drug-likeness (QED) is 0.747. The van der Waals surface area contributed by atoms with Crippen LogP contribution in [0.1, 0.15) is 28.8 Å². The maximum absolute atomic E-state index is 13.9. The van der Waals surface area contributed by atoms with Crippen molar-refractivity contribution < 1.29 is 9.18 Å². The van der Waals surface area contributed by atoms with E-state index in [1.54, 1.807) is 24.0 Å². The Morgan fingerprint density at radius 1 is 1.56 bits per heavy atom. The molecule has 0 spiro atoms. The molecule has 0 saturated heterocycles. The number of rotatable bonds is 4. The molecule has 2 nitrogen and oxygen atoms in total. The van der Waals surface area contributed by atoms with Crippen LogP contribution in [0.15, 0.2) is 18.2 Å². The number of hydrogen-bond donors (Lipinski definition) is 0. The lowest BCUT2D eigenvalue weighted by Crippen LogP contribution is -2.34. The van der Waals surface area contributed by atoms with Crippen LogP contribution < -0.4 is 0 Å². The Hall–Kier alpha value is -1.82. The molecule has 1 aliphatic rings. The van der Waals surface area contributed by atoms with Gasteiger partial charge in [-0.25, -0.2) is 4.39 Å². The minimum Gasteiger partial charge on any atom is -0.327 e. The van der Waals surface area contributed by atoms with E-state index in [9.17, 15) is 9.18 Å². The van der Waals surface area contributed by atoms with Gasteiger partial charge in [0.2, 0.25) is 0 Å². The van der Waals surface area contributed by atoms with Crippen LogP contribution in [0.25, 0.3) is 0 Å². The second kappa shape index (κ2) is 5.22. The van der Waals surface area contributed by atoms with Crippen molar-refractivity contribution in [2.75, 3.05) is 13.1 Å². The predicted molar refractivity (Wildman–Crippen MR) is 68.6 cm³/mol. The molecule has 94 valence electrons. The van der Waals surface area contributed by atoms with Gasteiger partial charge in [0.05, 0.1) is 12.1 Å². The van der Waals surface area contributed by atoms with E-state index in [-0.39, 0.29) is 18.0 Å². The van der Waals surface area contributed by atoms with Crippen LogP contribution >= 0.6 is 0 Å². The lowest BCUT2D eigenvalue weighted by Gasteiger charge is -2.20. The Bertz CT molecular complexity index is 500. The molecule has 1 aromatic rings. The van der Waals surface area contributed by atoms with E-state index in [0.29, 0.717) is 18.0 Å². The van der Waals surface area contributed by atoms with Gasteiger partial charge < -0.3 is 4.90 Å². The summed E-state index contributed by atoms with van der Waals surface area (Å²) < 4.78 is 13.9. The lowest BCUT2D eigenvalue weighted by molar-refractivity contribution is 0.0765. The fourth-order valence-electron chi connectivity index (χ4n) is 1.92. The van der Waals surface area contributed by atoms with Gasteiger partial charge in [0, 0.05) is 6.54 Å². The Morgan fingerprint density at radius 2 is 2.28 bits per heavy atom. The molecular formula is C15H16FNO. The summed E-state index contributed by atoms with van der Waals surface area (Å²) in [4.78, 5) is 13.8. The number of aryl methyl sites for hydroxylation is 1. The largest absolute Gasteiger partial charge is 0.327 e. The van der Waals surface area contributed by atoms with Gasteiger partial charge in [-0.15, -0.1) is 6.42 Å². The van der Waals surface area contributed by atoms with Crippen molar-refractivity contribution in [3.05, 3.63) is 35.1 Å². The van der Waals surface area contributed by atoms with Crippen molar-refractivity contribution in [2.24, 2.45) is 5.92 Å². The molecule has 0 aliphatic heterocycles. The maximum atomic E-state index is 13.9. The number of halogens is 1. The second-order valence-corrected chi connectivity index (χ2v) is 4.77. The van der Waals surface area contributed by atoms with E-state index in [1.165, 1.54) is 6.07 Å². The zero-order valence-electron chi connectivity index (χ0n) is 10.4. The van der Waals surface area contributed by atoms with Gasteiger partial charge in [0.15, 0.2) is 0 Å². The van der Waals surface area contributed by atoms with E-state index in [0.717, 1.165) is 12.8 Å². The van der Waals surface area contributed by atoms with Crippen molar-refractivity contribution >= 4 is 5.91 Å². The first-order chi connectivity index (χ1) is 8.63. The van der Waals surface area contributed by atoms with Gasteiger partial charge in [-0.2, -0.15) is 0 Å². The third-order valence-electron chi connectivity index (χ3n) is 3.17. The van der Waals surface area contributed by atoms with Gasteiger partial charge in [0.25, 0.3) is 5.91 Å². The van der Waals surface area contributed by atoms with Crippen molar-refractivity contribution in [3.8, 4) is 12.3 Å². The summed E-state index contributed by atoms with van der Waals surface area (Å²) >= 11 is 0. The van der Waals surface area contributed by atoms with E-state index >= 15 is 0 Å². The molecule has 0 heterocycles. The SMILES string of the molecule is C#CCN(CC1CC1)C(=O)c1cccc(C)c1F. The zero-order chi connectivity index (χ0) is 13.1. The van der Waals surface area contributed by atoms with Crippen LogP contribution in [0.4, 0.5) is 4.39 Å². The second-order valence-electron chi connectivity index (χ2n) is 4.77. The molecule has 0 atom stereocenters. The van der Waals surface area contributed by atoms with Crippen LogP contribution in [0, 0.1) is 31.0 Å². The first-order valence-electron chi connectivity index (χ1n) is 6.11. The topological polar surface area (TPSA) is 20.3 Å². The van der Waals surface area contributed by atoms with Crippen molar-refractivity contribution in [1.29, 1.82) is 0 Å². The standard InChI is InChI=1S/C15H16FNO/c1-3-9-17(10-12-7-8-12)15(18)13-6-4-5-11(2)14(13)16/h1,4-6,12H,7-10H2,2H3. The molecule has 1 saturated carbocycles. The number of nitrogens with zero attached hydrogens (tertiary/aromatic N) is 1. The highest BCUT2D eigenvalue weighted by molar-refractivity contribution is 5.94.